The quantitative estimate of drug-likeness (QED) is 0.863. The molecule has 82 valence electrons. The van der Waals surface area contributed by atoms with Gasteiger partial charge in [0.25, 0.3) is 0 Å². The number of nitrogens with two attached hydrogens (primary N) is 1. The summed E-state index contributed by atoms with van der Waals surface area (Å²) in [6, 6.07) is 3.85. The number of anilines is 1. The molecule has 3 nitrogen and oxygen atoms in total. The number of hydrogen-bond acceptors (Lipinski definition) is 3. The summed E-state index contributed by atoms with van der Waals surface area (Å²) in [7, 11) is 1.97. The average Bonchev–Trinajstić information content (AvgIpc) is 2.18. The highest BCUT2D eigenvalue weighted by molar-refractivity contribution is 9.10. The molecular formula is C10H14BrN3S. The van der Waals surface area contributed by atoms with Gasteiger partial charge in [-0.3, -0.25) is 0 Å². The maximum Gasteiger partial charge on any atom is 0.142 e. The lowest BCUT2D eigenvalue weighted by molar-refractivity contribution is 0.734. The van der Waals surface area contributed by atoms with E-state index in [1.165, 1.54) is 0 Å². The molecule has 0 amide bonds. The van der Waals surface area contributed by atoms with E-state index in [-0.39, 0.29) is 5.92 Å². The number of pyridine rings is 1. The van der Waals surface area contributed by atoms with Gasteiger partial charge >= 0.3 is 0 Å². The highest BCUT2D eigenvalue weighted by Crippen LogP contribution is 2.22. The van der Waals surface area contributed by atoms with Gasteiger partial charge in [0.15, 0.2) is 0 Å². The lowest BCUT2D eigenvalue weighted by Crippen LogP contribution is -2.31. The van der Waals surface area contributed by atoms with Crippen molar-refractivity contribution in [1.82, 2.24) is 4.98 Å². The zero-order valence-corrected chi connectivity index (χ0v) is 11.2. The summed E-state index contributed by atoms with van der Waals surface area (Å²) >= 11 is 8.39. The van der Waals surface area contributed by atoms with Crippen LogP contribution in [-0.4, -0.2) is 23.6 Å². The molecule has 5 heteroatoms. The Morgan fingerprint density at radius 3 is 2.93 bits per heavy atom. The molecular weight excluding hydrogens is 274 g/mol. The first-order valence-corrected chi connectivity index (χ1v) is 5.83. The van der Waals surface area contributed by atoms with Gasteiger partial charge in [0, 0.05) is 25.7 Å². The summed E-state index contributed by atoms with van der Waals surface area (Å²) in [5.74, 6) is 1.08. The minimum absolute atomic E-state index is 0.180. The van der Waals surface area contributed by atoms with Gasteiger partial charge in [0.2, 0.25) is 0 Å². The van der Waals surface area contributed by atoms with Crippen LogP contribution in [0.3, 0.4) is 0 Å². The van der Waals surface area contributed by atoms with Crippen molar-refractivity contribution in [3.8, 4) is 0 Å². The summed E-state index contributed by atoms with van der Waals surface area (Å²) in [5, 5.41) is 0. The molecule has 0 saturated heterocycles. The Morgan fingerprint density at radius 1 is 1.73 bits per heavy atom. The van der Waals surface area contributed by atoms with Crippen LogP contribution in [0.25, 0.3) is 0 Å². The van der Waals surface area contributed by atoms with E-state index in [9.17, 15) is 0 Å². The molecule has 0 saturated carbocycles. The van der Waals surface area contributed by atoms with Gasteiger partial charge in [0.05, 0.1) is 9.46 Å². The van der Waals surface area contributed by atoms with Crippen molar-refractivity contribution < 1.29 is 0 Å². The second-order valence-corrected chi connectivity index (χ2v) is 4.82. The van der Waals surface area contributed by atoms with Crippen molar-refractivity contribution in [2.45, 2.75) is 6.92 Å². The van der Waals surface area contributed by atoms with Gasteiger partial charge in [-0.25, -0.2) is 4.98 Å². The fourth-order valence-corrected chi connectivity index (χ4v) is 1.88. The van der Waals surface area contributed by atoms with E-state index in [1.807, 2.05) is 31.0 Å². The lowest BCUT2D eigenvalue weighted by atomic mass is 10.2. The predicted molar refractivity (Wildman–Crippen MR) is 71.2 cm³/mol. The van der Waals surface area contributed by atoms with Crippen LogP contribution in [0.4, 0.5) is 5.82 Å². The van der Waals surface area contributed by atoms with Crippen molar-refractivity contribution in [1.29, 1.82) is 0 Å². The first-order valence-electron chi connectivity index (χ1n) is 4.63. The molecule has 15 heavy (non-hydrogen) atoms. The number of aromatic nitrogens is 1. The fourth-order valence-electron chi connectivity index (χ4n) is 1.25. The largest absolute Gasteiger partial charge is 0.393 e. The number of rotatable bonds is 4. The molecule has 0 aliphatic rings. The molecule has 0 spiro atoms. The monoisotopic (exact) mass is 287 g/mol. The highest BCUT2D eigenvalue weighted by Gasteiger charge is 2.12. The van der Waals surface area contributed by atoms with E-state index >= 15 is 0 Å². The van der Waals surface area contributed by atoms with Crippen LogP contribution in [0.1, 0.15) is 6.92 Å². The summed E-state index contributed by atoms with van der Waals surface area (Å²) < 4.78 is 0.975. The summed E-state index contributed by atoms with van der Waals surface area (Å²) in [4.78, 5) is 6.86. The third-order valence-electron chi connectivity index (χ3n) is 2.13. The molecule has 0 aromatic carbocycles. The second kappa shape index (κ2) is 5.42. The third-order valence-corrected chi connectivity index (χ3v) is 3.16. The van der Waals surface area contributed by atoms with Gasteiger partial charge < -0.3 is 10.6 Å². The Balaban J connectivity index is 2.73. The third kappa shape index (κ3) is 3.43. The van der Waals surface area contributed by atoms with Gasteiger partial charge in [-0.15, -0.1) is 0 Å². The molecule has 1 atom stereocenters. The van der Waals surface area contributed by atoms with Crippen molar-refractivity contribution in [2.75, 3.05) is 18.5 Å². The fraction of sp³-hybridized carbons (Fsp3) is 0.400. The van der Waals surface area contributed by atoms with Crippen LogP contribution in [0.5, 0.6) is 0 Å². The standard InChI is InChI=1S/C10H14BrN3S/c1-7(9(12)15)6-14(2)10-8(11)4-3-5-13-10/h3-5,7H,6H2,1-2H3,(H2,12,15). The molecule has 0 aliphatic carbocycles. The predicted octanol–water partition coefficient (Wildman–Crippen LogP) is 2.20. The van der Waals surface area contributed by atoms with Gasteiger partial charge in [-0.05, 0) is 28.1 Å². The maximum atomic E-state index is 5.57. The molecule has 0 aliphatic heterocycles. The first kappa shape index (κ1) is 12.4. The summed E-state index contributed by atoms with van der Waals surface area (Å²) in [6.45, 7) is 2.78. The average molecular weight is 288 g/mol. The molecule has 0 radical (unpaired) electrons. The maximum absolute atomic E-state index is 5.57. The van der Waals surface area contributed by atoms with Gasteiger partial charge in [-0.1, -0.05) is 19.1 Å². The van der Waals surface area contributed by atoms with E-state index < -0.39 is 0 Å². The first-order chi connectivity index (χ1) is 7.02. The van der Waals surface area contributed by atoms with Crippen molar-refractivity contribution >= 4 is 39.0 Å². The van der Waals surface area contributed by atoms with Gasteiger partial charge in [-0.2, -0.15) is 0 Å². The topological polar surface area (TPSA) is 42.2 Å². The van der Waals surface area contributed by atoms with Crippen LogP contribution in [0.2, 0.25) is 0 Å². The smallest absolute Gasteiger partial charge is 0.142 e. The zero-order valence-electron chi connectivity index (χ0n) is 8.77. The highest BCUT2D eigenvalue weighted by atomic mass is 79.9. The van der Waals surface area contributed by atoms with E-state index in [1.54, 1.807) is 6.20 Å². The second-order valence-electron chi connectivity index (χ2n) is 3.49. The number of hydrogen-bond donors (Lipinski definition) is 1. The van der Waals surface area contributed by atoms with Gasteiger partial charge in [0.1, 0.15) is 5.82 Å². The molecule has 1 aromatic heterocycles. The number of halogens is 1. The lowest BCUT2D eigenvalue weighted by Gasteiger charge is -2.22. The van der Waals surface area contributed by atoms with Crippen molar-refractivity contribution in [3.63, 3.8) is 0 Å². The van der Waals surface area contributed by atoms with E-state index in [4.69, 9.17) is 18.0 Å². The van der Waals surface area contributed by atoms with E-state index in [0.717, 1.165) is 16.8 Å². The number of nitrogens with zero attached hydrogens (tertiary/aromatic N) is 2. The molecule has 1 rings (SSSR count). The van der Waals surface area contributed by atoms with Crippen LogP contribution < -0.4 is 10.6 Å². The summed E-state index contributed by atoms with van der Waals surface area (Å²) in [6.07, 6.45) is 1.77. The zero-order chi connectivity index (χ0) is 11.4. The Labute approximate surface area is 104 Å². The Kier molecular flexibility index (Phi) is 4.47. The van der Waals surface area contributed by atoms with Crippen LogP contribution in [-0.2, 0) is 0 Å². The van der Waals surface area contributed by atoms with Crippen LogP contribution in [0.15, 0.2) is 22.8 Å². The molecule has 1 aromatic rings. The Hall–Kier alpha value is -0.680. The minimum Gasteiger partial charge on any atom is -0.393 e. The molecule has 2 N–H and O–H groups in total. The van der Waals surface area contributed by atoms with Crippen molar-refractivity contribution in [3.05, 3.63) is 22.8 Å². The summed E-state index contributed by atoms with van der Waals surface area (Å²) in [5.41, 5.74) is 5.57. The number of thiocarbonyl (C=S) groups is 1. The molecule has 0 bridgehead atoms. The molecule has 1 heterocycles. The normalized spacial score (nSPS) is 12.2. The van der Waals surface area contributed by atoms with E-state index in [0.29, 0.717) is 4.99 Å². The van der Waals surface area contributed by atoms with Crippen molar-refractivity contribution in [2.24, 2.45) is 11.7 Å². The Morgan fingerprint density at radius 2 is 2.40 bits per heavy atom. The van der Waals surface area contributed by atoms with Crippen LogP contribution >= 0.6 is 28.1 Å². The SMILES string of the molecule is CC(CN(C)c1ncccc1Br)C(N)=S. The molecule has 0 fully saturated rings. The molecule has 1 unspecified atom stereocenters. The Bertz CT molecular complexity index is 356. The minimum atomic E-state index is 0.180. The van der Waals surface area contributed by atoms with E-state index in [2.05, 4.69) is 20.9 Å². The van der Waals surface area contributed by atoms with Crippen LogP contribution in [0, 0.1) is 5.92 Å².